The number of hydrogen-bond donors (Lipinski definition) is 0. The van der Waals surface area contributed by atoms with Crippen molar-refractivity contribution in [2.75, 3.05) is 0 Å². The van der Waals surface area contributed by atoms with Crippen molar-refractivity contribution in [3.8, 4) is 0 Å². The third kappa shape index (κ3) is 3.41. The Kier molecular flexibility index (Phi) is 5.86. The molecular weight excluding hydrogens is 547 g/mol. The van der Waals surface area contributed by atoms with Crippen LogP contribution in [0.4, 0.5) is 0 Å². The molecule has 8 rings (SSSR count). The molecule has 0 radical (unpaired) electrons. The van der Waals surface area contributed by atoms with E-state index in [-0.39, 0.29) is 42.6 Å². The van der Waals surface area contributed by atoms with Crippen LogP contribution in [-0.4, -0.2) is 33.4 Å². The van der Waals surface area contributed by atoms with Crippen molar-refractivity contribution in [2.45, 2.75) is 46.2 Å². The second kappa shape index (κ2) is 9.02. The van der Waals surface area contributed by atoms with Crippen LogP contribution in [0.5, 0.6) is 0 Å². The highest BCUT2D eigenvalue weighted by Gasteiger charge is 2.77. The van der Waals surface area contributed by atoms with E-state index in [4.69, 9.17) is 23.2 Å². The molecule has 4 aliphatic carbocycles. The van der Waals surface area contributed by atoms with Gasteiger partial charge >= 0.3 is 0 Å². The minimum atomic E-state index is -0.811. The number of rotatable bonds is 4. The van der Waals surface area contributed by atoms with E-state index in [9.17, 15) is 19.2 Å². The monoisotopic (exact) mass is 576 g/mol. The molecular formula is C32H30Cl2N2O4. The van der Waals surface area contributed by atoms with Gasteiger partial charge in [-0.3, -0.25) is 29.0 Å². The van der Waals surface area contributed by atoms with Gasteiger partial charge in [-0.1, -0.05) is 65.5 Å². The summed E-state index contributed by atoms with van der Waals surface area (Å²) in [4.78, 5) is 59.6. The zero-order valence-electron chi connectivity index (χ0n) is 22.4. The highest BCUT2D eigenvalue weighted by molar-refractivity contribution is 6.30. The predicted molar refractivity (Wildman–Crippen MR) is 150 cm³/mol. The normalized spacial score (nSPS) is 34.5. The fourth-order valence-corrected chi connectivity index (χ4v) is 9.19. The molecule has 2 aliphatic heterocycles. The maximum atomic E-state index is 14.3. The summed E-state index contributed by atoms with van der Waals surface area (Å²) in [6, 6.07) is 14.3. The third-order valence-corrected chi connectivity index (χ3v) is 10.9. The van der Waals surface area contributed by atoms with E-state index in [2.05, 4.69) is 6.92 Å². The van der Waals surface area contributed by atoms with Crippen LogP contribution in [0.1, 0.15) is 44.2 Å². The van der Waals surface area contributed by atoms with Crippen LogP contribution in [0, 0.1) is 40.9 Å². The molecule has 0 N–H and O–H groups in total. The number of hydrogen-bond acceptors (Lipinski definition) is 4. The highest BCUT2D eigenvalue weighted by Crippen LogP contribution is 2.72. The number of carbonyl (C=O) groups excluding carboxylic acids is 4. The first-order valence-corrected chi connectivity index (χ1v) is 14.8. The summed E-state index contributed by atoms with van der Waals surface area (Å²) in [5, 5.41) is 1.17. The first kappa shape index (κ1) is 26.0. The van der Waals surface area contributed by atoms with Gasteiger partial charge in [0.2, 0.25) is 23.6 Å². The number of benzene rings is 2. The number of halogens is 2. The fourth-order valence-electron chi connectivity index (χ4n) is 8.94. The number of imide groups is 2. The average molecular weight is 578 g/mol. The van der Waals surface area contributed by atoms with Crippen molar-refractivity contribution in [2.24, 2.45) is 40.9 Å². The maximum absolute atomic E-state index is 14.3. The number of likely N-dealkylation sites (tertiary alicyclic amines) is 2. The van der Waals surface area contributed by atoms with Crippen molar-refractivity contribution in [1.29, 1.82) is 0 Å². The lowest BCUT2D eigenvalue weighted by Crippen LogP contribution is -2.62. The van der Waals surface area contributed by atoms with Crippen LogP contribution < -0.4 is 0 Å². The zero-order chi connectivity index (χ0) is 28.1. The van der Waals surface area contributed by atoms with Crippen LogP contribution in [-0.2, 0) is 32.3 Å². The summed E-state index contributed by atoms with van der Waals surface area (Å²) < 4.78 is 0. The van der Waals surface area contributed by atoms with Crippen LogP contribution in [0.2, 0.25) is 10.0 Å². The van der Waals surface area contributed by atoms with Crippen molar-refractivity contribution in [1.82, 2.24) is 9.80 Å². The van der Waals surface area contributed by atoms with Gasteiger partial charge in [-0.05, 0) is 67.5 Å². The standard InChI is InChI=1S/C32H30Cl2N2O4/c1-16-3-12-22-17(2)23-24-26(30(39)35(28(24)37)14-18-4-8-20(33)9-5-18)32(22,13-16)27-25(23)29(38)36(31(27)40)15-19-6-10-21(34)11-7-19/h4-11,16,23-27H,3,12-15H2,1-2H3/t16-,23?,24+,25+,26-,27+,32?/m0/s1. The largest absolute Gasteiger partial charge is 0.278 e. The Morgan fingerprint density at radius 2 is 1.18 bits per heavy atom. The molecule has 2 aromatic rings. The van der Waals surface area contributed by atoms with E-state index in [0.29, 0.717) is 16.5 Å². The van der Waals surface area contributed by atoms with Gasteiger partial charge in [-0.25, -0.2) is 0 Å². The number of nitrogens with zero attached hydrogens (tertiary/aromatic N) is 2. The topological polar surface area (TPSA) is 74.8 Å². The summed E-state index contributed by atoms with van der Waals surface area (Å²) in [6.45, 7) is 4.52. The van der Waals surface area contributed by atoms with Crippen molar-refractivity contribution in [3.05, 3.63) is 80.8 Å². The lowest BCUT2D eigenvalue weighted by Gasteiger charge is -2.61. The van der Waals surface area contributed by atoms with E-state index in [1.807, 2.05) is 31.2 Å². The molecule has 2 saturated carbocycles. The maximum Gasteiger partial charge on any atom is 0.234 e. The van der Waals surface area contributed by atoms with Crippen LogP contribution >= 0.6 is 23.2 Å². The highest BCUT2D eigenvalue weighted by atomic mass is 35.5. The molecule has 206 valence electrons. The molecule has 0 aromatic heterocycles. The zero-order valence-corrected chi connectivity index (χ0v) is 23.9. The molecule has 8 heteroatoms. The third-order valence-electron chi connectivity index (χ3n) is 10.4. The van der Waals surface area contributed by atoms with Gasteiger partial charge in [0.25, 0.3) is 0 Å². The van der Waals surface area contributed by atoms with E-state index >= 15 is 0 Å². The SMILES string of the molecule is CC1=C2CC[C@H](C)CC23[C@@H]2C(=O)N(Cc4ccc(Cl)cc4)C(=O)[C@@H]2C1[C@H]1C(=O)N(Cc2ccc(Cl)cc2)C(=O)[C@@H]13. The molecule has 2 unspecified atom stereocenters. The number of allylic oxidation sites excluding steroid dienone is 2. The Morgan fingerprint density at radius 3 is 1.62 bits per heavy atom. The Labute approximate surface area is 243 Å². The molecule has 1 spiro atoms. The van der Waals surface area contributed by atoms with Gasteiger partial charge in [0.05, 0.1) is 36.8 Å². The molecule has 2 heterocycles. The lowest BCUT2D eigenvalue weighted by molar-refractivity contribution is -0.154. The van der Waals surface area contributed by atoms with Gasteiger partial charge in [-0.2, -0.15) is 0 Å². The number of carbonyl (C=O) groups is 4. The smallest absolute Gasteiger partial charge is 0.234 e. The number of amides is 4. The van der Waals surface area contributed by atoms with Crippen molar-refractivity contribution >= 4 is 46.8 Å². The van der Waals surface area contributed by atoms with E-state index in [1.165, 1.54) is 9.80 Å². The minimum Gasteiger partial charge on any atom is -0.278 e. The molecule has 4 amide bonds. The Bertz CT molecular complexity index is 1410. The quantitative estimate of drug-likeness (QED) is 0.347. The summed E-state index contributed by atoms with van der Waals surface area (Å²) in [6.07, 6.45) is 2.41. The summed E-state index contributed by atoms with van der Waals surface area (Å²) >= 11 is 12.1. The molecule has 7 atom stereocenters. The van der Waals surface area contributed by atoms with E-state index in [0.717, 1.165) is 35.1 Å². The first-order chi connectivity index (χ1) is 19.1. The lowest BCUT2D eigenvalue weighted by atomic mass is 9.39. The van der Waals surface area contributed by atoms with Crippen LogP contribution in [0.25, 0.3) is 0 Å². The molecule has 6 aliphatic rings. The second-order valence-corrected chi connectivity index (χ2v) is 13.2. The molecule has 2 saturated heterocycles. The molecule has 2 aromatic carbocycles. The average Bonchev–Trinajstić information content (AvgIpc) is 3.33. The summed E-state index contributed by atoms with van der Waals surface area (Å²) in [7, 11) is 0. The van der Waals surface area contributed by atoms with Gasteiger partial charge < -0.3 is 0 Å². The Morgan fingerprint density at radius 1 is 0.725 bits per heavy atom. The summed E-state index contributed by atoms with van der Waals surface area (Å²) in [5.74, 6) is -3.51. The van der Waals surface area contributed by atoms with Gasteiger partial charge in [0, 0.05) is 21.4 Å². The van der Waals surface area contributed by atoms with Gasteiger partial charge in [0.15, 0.2) is 0 Å². The minimum absolute atomic E-state index is 0.161. The molecule has 2 bridgehead atoms. The van der Waals surface area contributed by atoms with E-state index in [1.54, 1.807) is 24.3 Å². The predicted octanol–water partition coefficient (Wildman–Crippen LogP) is 5.66. The Hall–Kier alpha value is -2.96. The van der Waals surface area contributed by atoms with Gasteiger partial charge in [0.1, 0.15) is 0 Å². The van der Waals surface area contributed by atoms with Crippen LogP contribution in [0.15, 0.2) is 59.7 Å². The van der Waals surface area contributed by atoms with E-state index < -0.39 is 35.0 Å². The second-order valence-electron chi connectivity index (χ2n) is 12.4. The van der Waals surface area contributed by atoms with Crippen LogP contribution in [0.3, 0.4) is 0 Å². The molecule has 4 fully saturated rings. The summed E-state index contributed by atoms with van der Waals surface area (Å²) in [5.41, 5.74) is 3.03. The molecule has 40 heavy (non-hydrogen) atoms. The first-order valence-electron chi connectivity index (χ1n) is 14.0. The fraction of sp³-hybridized carbons (Fsp3) is 0.438. The molecule has 6 nitrogen and oxygen atoms in total. The van der Waals surface area contributed by atoms with Gasteiger partial charge in [-0.15, -0.1) is 0 Å². The van der Waals surface area contributed by atoms with Crippen molar-refractivity contribution in [3.63, 3.8) is 0 Å². The van der Waals surface area contributed by atoms with Crippen molar-refractivity contribution < 1.29 is 19.2 Å². The Balaban J connectivity index is 1.32.